The minimum Gasteiger partial charge on any atom is -0.356 e. The monoisotopic (exact) mass is 424 g/mol. The summed E-state index contributed by atoms with van der Waals surface area (Å²) >= 11 is 0. The van der Waals surface area contributed by atoms with Crippen LogP contribution in [-0.2, 0) is 17.9 Å². The van der Waals surface area contributed by atoms with Gasteiger partial charge in [0.2, 0.25) is 5.91 Å². The van der Waals surface area contributed by atoms with Crippen LogP contribution in [0.3, 0.4) is 0 Å². The number of hydrogen-bond acceptors (Lipinski definition) is 3. The number of likely N-dealkylation sites (tertiary alicyclic amines) is 2. The second-order valence-electron chi connectivity index (χ2n) is 9.70. The SMILES string of the molecule is CCn1cc(CN2CCC(C(=O)NCCCN3CCC[C@H](C)C3)CC2)c2ccccc21. The van der Waals surface area contributed by atoms with Crippen molar-refractivity contribution in [3.8, 4) is 0 Å². The predicted molar refractivity (Wildman–Crippen MR) is 128 cm³/mol. The first-order valence-corrected chi connectivity index (χ1v) is 12.4. The van der Waals surface area contributed by atoms with Crippen LogP contribution in [-0.4, -0.2) is 59.5 Å². The third kappa shape index (κ3) is 5.69. The molecule has 0 aliphatic carbocycles. The van der Waals surface area contributed by atoms with Crippen molar-refractivity contribution in [3.05, 3.63) is 36.0 Å². The van der Waals surface area contributed by atoms with Crippen molar-refractivity contribution in [2.24, 2.45) is 11.8 Å². The molecule has 1 amide bonds. The molecular weight excluding hydrogens is 384 g/mol. The van der Waals surface area contributed by atoms with Crippen LogP contribution in [0.2, 0.25) is 0 Å². The molecule has 0 spiro atoms. The topological polar surface area (TPSA) is 40.5 Å². The number of amides is 1. The van der Waals surface area contributed by atoms with E-state index in [1.807, 2.05) is 0 Å². The zero-order valence-electron chi connectivity index (χ0n) is 19.5. The summed E-state index contributed by atoms with van der Waals surface area (Å²) in [6, 6.07) is 8.70. The highest BCUT2D eigenvalue weighted by atomic mass is 16.1. The van der Waals surface area contributed by atoms with Crippen LogP contribution in [0.5, 0.6) is 0 Å². The summed E-state index contributed by atoms with van der Waals surface area (Å²) in [7, 11) is 0. The molecule has 1 aromatic heterocycles. The van der Waals surface area contributed by atoms with Crippen molar-refractivity contribution >= 4 is 16.8 Å². The summed E-state index contributed by atoms with van der Waals surface area (Å²) in [6.07, 6.45) is 8.02. The third-order valence-electron chi connectivity index (χ3n) is 7.26. The van der Waals surface area contributed by atoms with E-state index < -0.39 is 0 Å². The minimum absolute atomic E-state index is 0.184. The number of para-hydroxylation sites is 1. The molecule has 2 fully saturated rings. The zero-order chi connectivity index (χ0) is 21.6. The number of carbonyl (C=O) groups excluding carboxylic acids is 1. The summed E-state index contributed by atoms with van der Waals surface area (Å²) in [5.41, 5.74) is 2.74. The molecule has 5 heteroatoms. The van der Waals surface area contributed by atoms with Crippen LogP contribution >= 0.6 is 0 Å². The van der Waals surface area contributed by atoms with Gasteiger partial charge < -0.3 is 14.8 Å². The van der Waals surface area contributed by atoms with Crippen LogP contribution in [0.4, 0.5) is 0 Å². The van der Waals surface area contributed by atoms with E-state index in [1.54, 1.807) is 0 Å². The van der Waals surface area contributed by atoms with E-state index in [0.717, 1.165) is 64.4 Å². The second-order valence-corrected chi connectivity index (χ2v) is 9.70. The number of hydrogen-bond donors (Lipinski definition) is 1. The molecular formula is C26H40N4O. The summed E-state index contributed by atoms with van der Waals surface area (Å²) in [4.78, 5) is 17.7. The van der Waals surface area contributed by atoms with Gasteiger partial charge in [-0.05, 0) is 82.8 Å². The zero-order valence-corrected chi connectivity index (χ0v) is 19.5. The van der Waals surface area contributed by atoms with E-state index in [0.29, 0.717) is 0 Å². The molecule has 2 saturated heterocycles. The molecule has 170 valence electrons. The number of carbonyl (C=O) groups is 1. The molecule has 1 atom stereocenters. The predicted octanol–water partition coefficient (Wildman–Crippen LogP) is 4.11. The Hall–Kier alpha value is -1.85. The fraction of sp³-hybridized carbons (Fsp3) is 0.654. The van der Waals surface area contributed by atoms with Gasteiger partial charge in [-0.1, -0.05) is 25.1 Å². The summed E-state index contributed by atoms with van der Waals surface area (Å²) < 4.78 is 2.34. The molecule has 2 aromatic rings. The van der Waals surface area contributed by atoms with Gasteiger partial charge in [-0.3, -0.25) is 9.69 Å². The molecule has 0 saturated carbocycles. The molecule has 1 aromatic carbocycles. The lowest BCUT2D eigenvalue weighted by Gasteiger charge is -2.32. The minimum atomic E-state index is 0.184. The van der Waals surface area contributed by atoms with E-state index in [4.69, 9.17) is 0 Å². The van der Waals surface area contributed by atoms with Gasteiger partial charge in [0.15, 0.2) is 0 Å². The van der Waals surface area contributed by atoms with Gasteiger partial charge in [-0.25, -0.2) is 0 Å². The van der Waals surface area contributed by atoms with Crippen LogP contribution in [0.25, 0.3) is 10.9 Å². The Morgan fingerprint density at radius 1 is 1.10 bits per heavy atom. The van der Waals surface area contributed by atoms with Crippen molar-refractivity contribution < 1.29 is 4.79 Å². The van der Waals surface area contributed by atoms with Crippen molar-refractivity contribution in [1.82, 2.24) is 19.7 Å². The quantitative estimate of drug-likeness (QED) is 0.648. The molecule has 5 nitrogen and oxygen atoms in total. The smallest absolute Gasteiger partial charge is 0.223 e. The Morgan fingerprint density at radius 3 is 2.68 bits per heavy atom. The van der Waals surface area contributed by atoms with Gasteiger partial charge in [0, 0.05) is 49.2 Å². The third-order valence-corrected chi connectivity index (χ3v) is 7.26. The van der Waals surface area contributed by atoms with Crippen molar-refractivity contribution in [3.63, 3.8) is 0 Å². The largest absolute Gasteiger partial charge is 0.356 e. The Kier molecular flexibility index (Phi) is 7.67. The number of nitrogens with zero attached hydrogens (tertiary/aromatic N) is 3. The molecule has 0 unspecified atom stereocenters. The van der Waals surface area contributed by atoms with Crippen LogP contribution in [0, 0.1) is 11.8 Å². The first-order valence-electron chi connectivity index (χ1n) is 12.4. The number of rotatable bonds is 8. The van der Waals surface area contributed by atoms with E-state index in [-0.39, 0.29) is 11.8 Å². The highest BCUT2D eigenvalue weighted by Gasteiger charge is 2.25. The molecule has 2 aliphatic heterocycles. The average Bonchev–Trinajstić information content (AvgIpc) is 3.15. The van der Waals surface area contributed by atoms with Crippen LogP contribution < -0.4 is 5.32 Å². The normalized spacial score (nSPS) is 21.5. The van der Waals surface area contributed by atoms with Gasteiger partial charge in [-0.15, -0.1) is 0 Å². The number of aromatic nitrogens is 1. The fourth-order valence-electron chi connectivity index (χ4n) is 5.45. The maximum atomic E-state index is 12.6. The fourth-order valence-corrected chi connectivity index (χ4v) is 5.45. The maximum Gasteiger partial charge on any atom is 0.223 e. The summed E-state index contributed by atoms with van der Waals surface area (Å²) in [6.45, 7) is 12.9. The number of aryl methyl sites for hydroxylation is 1. The number of nitrogens with one attached hydrogen (secondary N) is 1. The molecule has 0 bridgehead atoms. The lowest BCUT2D eigenvalue weighted by atomic mass is 9.95. The average molecular weight is 425 g/mol. The lowest BCUT2D eigenvalue weighted by Crippen LogP contribution is -2.41. The summed E-state index contributed by atoms with van der Waals surface area (Å²) in [5.74, 6) is 1.28. The molecule has 2 aliphatic rings. The Morgan fingerprint density at radius 2 is 1.90 bits per heavy atom. The van der Waals surface area contributed by atoms with Crippen LogP contribution in [0.15, 0.2) is 30.5 Å². The molecule has 4 rings (SSSR count). The number of fused-ring (bicyclic) bond motifs is 1. The van der Waals surface area contributed by atoms with Gasteiger partial charge in [0.25, 0.3) is 0 Å². The second kappa shape index (κ2) is 10.6. The summed E-state index contributed by atoms with van der Waals surface area (Å²) in [5, 5.41) is 4.58. The van der Waals surface area contributed by atoms with Crippen molar-refractivity contribution in [2.75, 3.05) is 39.3 Å². The molecule has 3 heterocycles. The molecule has 1 N–H and O–H groups in total. The van der Waals surface area contributed by atoms with Gasteiger partial charge >= 0.3 is 0 Å². The van der Waals surface area contributed by atoms with E-state index in [9.17, 15) is 4.79 Å². The Balaban J connectivity index is 1.19. The molecule has 0 radical (unpaired) electrons. The standard InChI is InChI=1S/C26H40N4O/c1-3-30-20-23(24-9-4-5-10-25(24)30)19-29-16-11-22(12-17-29)26(31)27-13-7-15-28-14-6-8-21(2)18-28/h4-5,9-10,20-22H,3,6-8,11-19H2,1-2H3,(H,27,31)/t21-/m0/s1. The van der Waals surface area contributed by atoms with Crippen molar-refractivity contribution in [2.45, 2.75) is 59.0 Å². The number of benzene rings is 1. The highest BCUT2D eigenvalue weighted by Crippen LogP contribution is 2.25. The van der Waals surface area contributed by atoms with Gasteiger partial charge in [0.05, 0.1) is 0 Å². The van der Waals surface area contributed by atoms with Gasteiger partial charge in [0.1, 0.15) is 0 Å². The van der Waals surface area contributed by atoms with Gasteiger partial charge in [-0.2, -0.15) is 0 Å². The van der Waals surface area contributed by atoms with E-state index in [2.05, 4.69) is 64.0 Å². The lowest BCUT2D eigenvalue weighted by molar-refractivity contribution is -0.126. The maximum absolute atomic E-state index is 12.6. The van der Waals surface area contributed by atoms with Crippen LogP contribution in [0.1, 0.15) is 51.5 Å². The Bertz CT molecular complexity index is 852. The van der Waals surface area contributed by atoms with Crippen molar-refractivity contribution in [1.29, 1.82) is 0 Å². The first kappa shape index (κ1) is 22.3. The number of piperidine rings is 2. The Labute approximate surface area is 187 Å². The highest BCUT2D eigenvalue weighted by molar-refractivity contribution is 5.84. The van der Waals surface area contributed by atoms with E-state index in [1.165, 1.54) is 42.4 Å². The van der Waals surface area contributed by atoms with E-state index >= 15 is 0 Å². The molecule has 31 heavy (non-hydrogen) atoms. The first-order chi connectivity index (χ1) is 15.1.